The number of carboxylic acids is 4. The number of rotatable bonds is 50. The van der Waals surface area contributed by atoms with Gasteiger partial charge in [-0.3, -0.25) is 86.3 Å². The molecule has 0 spiro atoms. The molecule has 0 bridgehead atoms. The van der Waals surface area contributed by atoms with Crippen LogP contribution in [-0.4, -0.2) is 226 Å². The van der Waals surface area contributed by atoms with Crippen LogP contribution < -0.4 is 69.1 Å². The van der Waals surface area contributed by atoms with Crippen molar-refractivity contribution >= 4 is 107 Å². The Morgan fingerprint density at radius 2 is 0.761 bits per heavy atom. The second kappa shape index (κ2) is 47.2. The van der Waals surface area contributed by atoms with Crippen LogP contribution in [0.3, 0.4) is 0 Å². The third-order valence-electron chi connectivity index (χ3n) is 18.0. The predicted octanol–water partition coefficient (Wildman–Crippen LogP) is -1.82. The molecule has 2 aromatic carbocycles. The molecule has 15 atom stereocenters. The molecule has 3 aromatic rings. The van der Waals surface area contributed by atoms with Gasteiger partial charge in [-0.2, -0.15) is 0 Å². The van der Waals surface area contributed by atoms with Gasteiger partial charge in [-0.1, -0.05) is 92.5 Å². The number of carbonyl (C=O) groups excluding carboxylic acids is 14. The average Bonchev–Trinajstić information content (AvgIpc) is 1.26. The van der Waals surface area contributed by atoms with E-state index < -0.39 is 236 Å². The van der Waals surface area contributed by atoms with Crippen molar-refractivity contribution in [2.75, 3.05) is 0 Å². The van der Waals surface area contributed by atoms with Crippen molar-refractivity contribution in [3.05, 3.63) is 77.9 Å². The van der Waals surface area contributed by atoms with Gasteiger partial charge in [0.05, 0.1) is 30.9 Å². The molecule has 0 unspecified atom stereocenters. The number of hydrogen-bond donors (Lipinski definition) is 20. The number of nitrogens with zero attached hydrogens (tertiary/aromatic N) is 1. The number of aromatic amines is 1. The average molecular weight is 1590 g/mol. The highest BCUT2D eigenvalue weighted by Gasteiger charge is 2.39. The SMILES string of the molecule is CC[C@H](C)[C@H](NC(=O)[C@H](CC(=O)O)NC(=O)[C@H](CC(C)C)NC(=O)[C@H](Cc1c[nH]cn1)NC(=O)[C@H](C)NC(=O)[C@H](Cc1ccc(O)cc1)NC(=O)[C@H](Cc1ccc(O)cc1)NC(=O)[C@@H](NC(=O)[C@H](C)NC(=O)[C@H](CCC(=O)O)NC(=O)[C@H](CCC(=O)O)NC(=O)[C@H](C)NC(=O)CCC(=O)O)C(C)C)C(=O)N[C@H]([C]=O)[C@@H](C)CC. The highest BCUT2D eigenvalue weighted by Crippen LogP contribution is 2.18. The molecule has 113 heavy (non-hydrogen) atoms. The summed E-state index contributed by atoms with van der Waals surface area (Å²) in [6, 6.07) is -9.38. The van der Waals surface area contributed by atoms with Crippen LogP contribution in [0.1, 0.15) is 157 Å². The summed E-state index contributed by atoms with van der Waals surface area (Å²) < 4.78 is 0. The van der Waals surface area contributed by atoms with Gasteiger partial charge in [0.25, 0.3) is 0 Å². The van der Waals surface area contributed by atoms with Gasteiger partial charge in [0.1, 0.15) is 84.0 Å². The number of aliphatic carboxylic acids is 4. The van der Waals surface area contributed by atoms with E-state index in [2.05, 4.69) is 79.1 Å². The zero-order valence-corrected chi connectivity index (χ0v) is 64.8. The summed E-state index contributed by atoms with van der Waals surface area (Å²) in [6.45, 7) is 16.8. The summed E-state index contributed by atoms with van der Waals surface area (Å²) >= 11 is 0. The van der Waals surface area contributed by atoms with Crippen molar-refractivity contribution in [1.82, 2.24) is 79.1 Å². The number of carboxylic acid groups (broad SMARTS) is 4. The van der Waals surface area contributed by atoms with E-state index in [9.17, 15) is 112 Å². The number of H-pyrrole nitrogens is 1. The Kier molecular flexibility index (Phi) is 39.7. The Bertz CT molecular complexity index is 3800. The van der Waals surface area contributed by atoms with Crippen LogP contribution in [0.25, 0.3) is 0 Å². The molecule has 0 saturated heterocycles. The van der Waals surface area contributed by atoms with Gasteiger partial charge in [0.2, 0.25) is 83.1 Å². The van der Waals surface area contributed by atoms with Gasteiger partial charge in [-0.15, -0.1) is 0 Å². The predicted molar refractivity (Wildman–Crippen MR) is 400 cm³/mol. The third-order valence-corrected chi connectivity index (χ3v) is 18.0. The second-order valence-corrected chi connectivity index (χ2v) is 28.3. The second-order valence-electron chi connectivity index (χ2n) is 28.3. The van der Waals surface area contributed by atoms with E-state index in [1.54, 1.807) is 47.8 Å². The lowest BCUT2D eigenvalue weighted by molar-refractivity contribution is -0.142. The van der Waals surface area contributed by atoms with E-state index in [0.29, 0.717) is 24.0 Å². The minimum absolute atomic E-state index is 0.120. The lowest BCUT2D eigenvalue weighted by Crippen LogP contribution is -2.61. The summed E-state index contributed by atoms with van der Waals surface area (Å²) in [5.41, 5.74) is 0.884. The molecule has 39 nitrogen and oxygen atoms in total. The lowest BCUT2D eigenvalue weighted by atomic mass is 9.95. The molecule has 0 aliphatic carbocycles. The van der Waals surface area contributed by atoms with Crippen LogP contribution in [0.15, 0.2) is 61.1 Å². The fourth-order valence-corrected chi connectivity index (χ4v) is 11.0. The van der Waals surface area contributed by atoms with Gasteiger partial charge in [0.15, 0.2) is 0 Å². The molecule has 1 radical (unpaired) electrons. The van der Waals surface area contributed by atoms with Crippen LogP contribution >= 0.6 is 0 Å². The Morgan fingerprint density at radius 1 is 0.389 bits per heavy atom. The monoisotopic (exact) mass is 1590 g/mol. The van der Waals surface area contributed by atoms with Gasteiger partial charge in [0, 0.05) is 44.7 Å². The summed E-state index contributed by atoms with van der Waals surface area (Å²) in [7, 11) is 0. The summed E-state index contributed by atoms with van der Waals surface area (Å²) in [5, 5.41) is 90.0. The number of imidazole rings is 1. The molecule has 0 aliphatic rings. The number of nitrogens with one attached hydrogen (secondary N) is 14. The van der Waals surface area contributed by atoms with E-state index >= 15 is 0 Å². The van der Waals surface area contributed by atoms with E-state index in [0.717, 1.165) is 6.92 Å². The summed E-state index contributed by atoms with van der Waals surface area (Å²) in [5.74, 6) is -21.4. The maximum atomic E-state index is 14.9. The van der Waals surface area contributed by atoms with Crippen LogP contribution in [0.4, 0.5) is 0 Å². The Balaban J connectivity index is 1.95. The molecule has 20 N–H and O–H groups in total. The van der Waals surface area contributed by atoms with Crippen molar-refractivity contribution in [1.29, 1.82) is 0 Å². The Morgan fingerprint density at radius 3 is 1.20 bits per heavy atom. The van der Waals surface area contributed by atoms with E-state index in [4.69, 9.17) is 5.11 Å². The topological polar surface area (TPSA) is 614 Å². The fraction of sp³-hybridized carbons (Fsp3) is 0.554. The number of hydrogen-bond acceptors (Lipinski definition) is 21. The molecule has 1 heterocycles. The number of benzene rings is 2. The standard InChI is InChI=1S/C74H106N15O24/c1-12-38(7)55(34-90)87-74(113)62(39(8)13-2)89-72(111)54(32-60(100)101)85-69(108)50(28-36(3)4)83-71(110)53(31-45-33-75-35-76-45)82-64(103)41(10)79-68(107)51(29-43-14-18-46(91)19-15-43)84-70(109)52(30-44-16-20-47(92)21-17-44)86-73(112)61(37(5)6)88-65(104)42(11)78-66(105)48(22-25-57(94)95)81-67(106)49(23-26-58(96)97)80-63(102)40(9)77-56(93)24-27-59(98)99/h14-21,33,35-42,48-55,61-62,91-92H,12-13,22-32H2,1-11H3,(H,75,76)(H,77,93)(H,78,105)(H,79,107)(H,80,102)(H,81,106)(H,82,103)(H,83,110)(H,84,109)(H,85,108)(H,86,112)(H,87,113)(H,88,104)(H,89,111)(H,94,95)(H,96,97)(H,98,99)(H,100,101)/t38-,39-,40-,41-,42-,48-,49-,50-,51-,52-,53-,54-,55+,61-,62-/m0/s1. The first-order valence-electron chi connectivity index (χ1n) is 36.8. The van der Waals surface area contributed by atoms with Crippen molar-refractivity contribution in [2.24, 2.45) is 23.7 Å². The minimum Gasteiger partial charge on any atom is -0.508 e. The molecular formula is C74H106N15O24. The van der Waals surface area contributed by atoms with Gasteiger partial charge in [-0.25, -0.2) is 4.98 Å². The van der Waals surface area contributed by atoms with Gasteiger partial charge >= 0.3 is 23.9 Å². The first kappa shape index (κ1) is 95.1. The number of phenols is 2. The van der Waals surface area contributed by atoms with Crippen LogP contribution in [0.2, 0.25) is 0 Å². The molecule has 0 fully saturated rings. The maximum Gasteiger partial charge on any atom is 0.305 e. The summed E-state index contributed by atoms with van der Waals surface area (Å²) in [6.07, 6.45) is -0.665. The largest absolute Gasteiger partial charge is 0.508 e. The molecule has 3 rings (SSSR count). The zero-order valence-electron chi connectivity index (χ0n) is 64.8. The molecule has 13 amide bonds. The van der Waals surface area contributed by atoms with Crippen molar-refractivity contribution in [3.8, 4) is 11.5 Å². The zero-order chi connectivity index (χ0) is 85.1. The van der Waals surface area contributed by atoms with Crippen LogP contribution in [0, 0.1) is 23.7 Å². The smallest absolute Gasteiger partial charge is 0.305 e. The number of carbonyl (C=O) groups is 17. The Labute approximate surface area is 651 Å². The quantitative estimate of drug-likeness (QED) is 0.0296. The molecule has 39 heteroatoms. The van der Waals surface area contributed by atoms with Gasteiger partial charge in [-0.05, 0) is 99.1 Å². The molecule has 621 valence electrons. The number of aromatic nitrogens is 2. The number of aromatic hydroxyl groups is 2. The van der Waals surface area contributed by atoms with E-state index in [1.165, 1.54) is 88.8 Å². The molecule has 0 aliphatic heterocycles. The number of phenolic OH excluding ortho intramolecular Hbond substituents is 2. The highest BCUT2D eigenvalue weighted by atomic mass is 16.4. The van der Waals surface area contributed by atoms with Gasteiger partial charge < -0.3 is 105 Å². The first-order valence-corrected chi connectivity index (χ1v) is 36.8. The van der Waals surface area contributed by atoms with E-state index in [-0.39, 0.29) is 54.7 Å². The number of amides is 13. The van der Waals surface area contributed by atoms with E-state index in [1.807, 2.05) is 0 Å². The Hall–Kier alpha value is -12.1. The van der Waals surface area contributed by atoms with Crippen molar-refractivity contribution in [2.45, 2.75) is 238 Å². The fourth-order valence-electron chi connectivity index (χ4n) is 11.0. The molecule has 1 aromatic heterocycles. The minimum atomic E-state index is -1.83. The normalized spacial score (nSPS) is 15.1. The highest BCUT2D eigenvalue weighted by molar-refractivity contribution is 6.01. The molecular weight excluding hydrogens is 1480 g/mol. The third kappa shape index (κ3) is 34.0. The molecule has 0 saturated carbocycles. The van der Waals surface area contributed by atoms with Crippen molar-refractivity contribution in [3.63, 3.8) is 0 Å². The van der Waals surface area contributed by atoms with Crippen LogP contribution in [-0.2, 0) is 106 Å². The first-order chi connectivity index (χ1) is 53.1. The summed E-state index contributed by atoms with van der Waals surface area (Å²) in [4.78, 5) is 247. The lowest BCUT2D eigenvalue weighted by Gasteiger charge is -2.29. The van der Waals surface area contributed by atoms with Crippen molar-refractivity contribution < 1.29 is 117 Å². The maximum absolute atomic E-state index is 14.9. The van der Waals surface area contributed by atoms with Crippen LogP contribution in [0.5, 0.6) is 11.5 Å².